The first-order valence-electron chi connectivity index (χ1n) is 7.41. The normalized spacial score (nSPS) is 11.5. The highest BCUT2D eigenvalue weighted by Gasteiger charge is 2.16. The zero-order valence-corrected chi connectivity index (χ0v) is 14.1. The molecule has 0 saturated heterocycles. The van der Waals surface area contributed by atoms with E-state index in [1.807, 2.05) is 0 Å². The van der Waals surface area contributed by atoms with Crippen molar-refractivity contribution in [2.45, 2.75) is 19.9 Å². The van der Waals surface area contributed by atoms with Gasteiger partial charge in [-0.05, 0) is 25.1 Å². The highest BCUT2D eigenvalue weighted by molar-refractivity contribution is 5.98. The fraction of sp³-hybridized carbons (Fsp3) is 0.312. The van der Waals surface area contributed by atoms with Crippen LogP contribution in [0.1, 0.15) is 13.8 Å². The molecule has 0 bridgehead atoms. The number of hydrogen-bond donors (Lipinski definition) is 3. The molecule has 2 amide bonds. The summed E-state index contributed by atoms with van der Waals surface area (Å²) >= 11 is 0. The van der Waals surface area contributed by atoms with Crippen LogP contribution in [0.3, 0.4) is 0 Å². The number of rotatable bonds is 6. The van der Waals surface area contributed by atoms with E-state index in [-0.39, 0.29) is 11.8 Å². The molecule has 1 atom stereocenters. The number of benzene rings is 1. The number of carbonyl (C=O) groups is 2. The summed E-state index contributed by atoms with van der Waals surface area (Å²) in [7, 11) is 3.31. The fourth-order valence-corrected chi connectivity index (χ4v) is 2.11. The van der Waals surface area contributed by atoms with Crippen molar-refractivity contribution >= 4 is 29.0 Å². The Kier molecular flexibility index (Phi) is 5.41. The molecule has 1 heterocycles. The SMILES string of the molecule is COc1ccc(NC(C)=O)cc1NC(=O)C(C)Nc1ccn(C)n1. The van der Waals surface area contributed by atoms with E-state index in [0.29, 0.717) is 22.9 Å². The van der Waals surface area contributed by atoms with Crippen molar-refractivity contribution in [1.82, 2.24) is 9.78 Å². The summed E-state index contributed by atoms with van der Waals surface area (Å²) < 4.78 is 6.89. The molecule has 0 aliphatic heterocycles. The number of hydrogen-bond acceptors (Lipinski definition) is 5. The molecule has 0 spiro atoms. The number of aromatic nitrogens is 2. The molecular formula is C16H21N5O3. The van der Waals surface area contributed by atoms with Gasteiger partial charge in [0, 0.05) is 31.9 Å². The average molecular weight is 331 g/mol. The minimum Gasteiger partial charge on any atom is -0.495 e. The molecule has 128 valence electrons. The predicted molar refractivity (Wildman–Crippen MR) is 92.2 cm³/mol. The number of methoxy groups -OCH3 is 1. The van der Waals surface area contributed by atoms with E-state index >= 15 is 0 Å². The molecule has 3 N–H and O–H groups in total. The number of nitrogens with zero attached hydrogens (tertiary/aromatic N) is 2. The van der Waals surface area contributed by atoms with Crippen LogP contribution < -0.4 is 20.7 Å². The van der Waals surface area contributed by atoms with Crippen molar-refractivity contribution < 1.29 is 14.3 Å². The molecule has 2 aromatic rings. The number of ether oxygens (including phenoxy) is 1. The summed E-state index contributed by atoms with van der Waals surface area (Å²) in [6.45, 7) is 3.15. The molecule has 0 aliphatic carbocycles. The topological polar surface area (TPSA) is 97.3 Å². The van der Waals surface area contributed by atoms with Gasteiger partial charge < -0.3 is 20.7 Å². The largest absolute Gasteiger partial charge is 0.495 e. The third-order valence-electron chi connectivity index (χ3n) is 3.25. The summed E-state index contributed by atoms with van der Waals surface area (Å²) in [4.78, 5) is 23.5. The molecule has 24 heavy (non-hydrogen) atoms. The van der Waals surface area contributed by atoms with E-state index in [9.17, 15) is 9.59 Å². The third kappa shape index (κ3) is 4.48. The summed E-state index contributed by atoms with van der Waals surface area (Å²) in [5.74, 6) is 0.670. The molecular weight excluding hydrogens is 310 g/mol. The van der Waals surface area contributed by atoms with Gasteiger partial charge in [-0.25, -0.2) is 0 Å². The number of carbonyl (C=O) groups excluding carboxylic acids is 2. The Balaban J connectivity index is 2.10. The van der Waals surface area contributed by atoms with Crippen LogP contribution in [0.5, 0.6) is 5.75 Å². The van der Waals surface area contributed by atoms with Crippen LogP contribution in [0.4, 0.5) is 17.2 Å². The number of nitrogens with one attached hydrogen (secondary N) is 3. The van der Waals surface area contributed by atoms with Crippen LogP contribution in [0.2, 0.25) is 0 Å². The van der Waals surface area contributed by atoms with Crippen molar-refractivity contribution in [3.05, 3.63) is 30.5 Å². The van der Waals surface area contributed by atoms with Crippen LogP contribution in [-0.4, -0.2) is 34.7 Å². The number of amides is 2. The molecule has 2 rings (SSSR count). The minimum atomic E-state index is -0.506. The van der Waals surface area contributed by atoms with Crippen molar-refractivity contribution in [1.29, 1.82) is 0 Å². The van der Waals surface area contributed by atoms with Gasteiger partial charge in [-0.1, -0.05) is 0 Å². The van der Waals surface area contributed by atoms with Gasteiger partial charge in [0.15, 0.2) is 0 Å². The second kappa shape index (κ2) is 7.49. The zero-order chi connectivity index (χ0) is 17.7. The van der Waals surface area contributed by atoms with Gasteiger partial charge in [0.05, 0.1) is 12.8 Å². The van der Waals surface area contributed by atoms with E-state index in [1.54, 1.807) is 49.1 Å². The Morgan fingerprint density at radius 2 is 2.00 bits per heavy atom. The Morgan fingerprint density at radius 1 is 1.25 bits per heavy atom. The van der Waals surface area contributed by atoms with Crippen LogP contribution in [0.25, 0.3) is 0 Å². The van der Waals surface area contributed by atoms with Crippen molar-refractivity contribution in [2.24, 2.45) is 7.05 Å². The maximum Gasteiger partial charge on any atom is 0.246 e. The van der Waals surface area contributed by atoms with Crippen LogP contribution >= 0.6 is 0 Å². The lowest BCUT2D eigenvalue weighted by molar-refractivity contribution is -0.116. The summed E-state index contributed by atoms with van der Waals surface area (Å²) in [6.07, 6.45) is 1.78. The minimum absolute atomic E-state index is 0.192. The van der Waals surface area contributed by atoms with E-state index in [2.05, 4.69) is 21.0 Å². The first-order valence-corrected chi connectivity index (χ1v) is 7.41. The smallest absolute Gasteiger partial charge is 0.246 e. The summed E-state index contributed by atoms with van der Waals surface area (Å²) in [6, 6.07) is 6.30. The number of aryl methyl sites for hydroxylation is 1. The Morgan fingerprint density at radius 3 is 2.58 bits per heavy atom. The average Bonchev–Trinajstić information content (AvgIpc) is 2.92. The van der Waals surface area contributed by atoms with Gasteiger partial charge in [0.1, 0.15) is 17.6 Å². The second-order valence-electron chi connectivity index (χ2n) is 5.33. The maximum absolute atomic E-state index is 12.4. The van der Waals surface area contributed by atoms with Crippen molar-refractivity contribution in [3.63, 3.8) is 0 Å². The zero-order valence-electron chi connectivity index (χ0n) is 14.1. The first kappa shape index (κ1) is 17.3. The second-order valence-corrected chi connectivity index (χ2v) is 5.33. The van der Waals surface area contributed by atoms with Gasteiger partial charge in [-0.2, -0.15) is 5.10 Å². The number of anilines is 3. The van der Waals surface area contributed by atoms with E-state index in [4.69, 9.17) is 4.74 Å². The Bertz CT molecular complexity index is 741. The molecule has 0 saturated carbocycles. The Hall–Kier alpha value is -3.03. The van der Waals surface area contributed by atoms with Crippen LogP contribution in [0.15, 0.2) is 30.5 Å². The van der Waals surface area contributed by atoms with Gasteiger partial charge in [-0.3, -0.25) is 14.3 Å². The van der Waals surface area contributed by atoms with E-state index in [1.165, 1.54) is 14.0 Å². The van der Waals surface area contributed by atoms with Crippen molar-refractivity contribution in [3.8, 4) is 5.75 Å². The quantitative estimate of drug-likeness (QED) is 0.750. The molecule has 0 aliphatic rings. The van der Waals surface area contributed by atoms with Gasteiger partial charge in [-0.15, -0.1) is 0 Å². The lowest BCUT2D eigenvalue weighted by Gasteiger charge is -2.16. The highest BCUT2D eigenvalue weighted by atomic mass is 16.5. The van der Waals surface area contributed by atoms with Crippen LogP contribution in [-0.2, 0) is 16.6 Å². The maximum atomic E-state index is 12.4. The fourth-order valence-electron chi connectivity index (χ4n) is 2.11. The van der Waals surface area contributed by atoms with Gasteiger partial charge in [0.2, 0.25) is 11.8 Å². The molecule has 0 fully saturated rings. The van der Waals surface area contributed by atoms with E-state index < -0.39 is 6.04 Å². The third-order valence-corrected chi connectivity index (χ3v) is 3.25. The van der Waals surface area contributed by atoms with Gasteiger partial charge in [0.25, 0.3) is 0 Å². The standard InChI is InChI=1S/C16H21N5O3/c1-10(17-15-7-8-21(3)20-15)16(23)19-13-9-12(18-11(2)22)5-6-14(13)24-4/h5-10H,1-4H3,(H,17,20)(H,18,22)(H,19,23). The van der Waals surface area contributed by atoms with Crippen LogP contribution in [0, 0.1) is 0 Å². The van der Waals surface area contributed by atoms with Crippen molar-refractivity contribution in [2.75, 3.05) is 23.1 Å². The molecule has 1 aromatic heterocycles. The summed E-state index contributed by atoms with van der Waals surface area (Å²) in [5, 5.41) is 12.6. The van der Waals surface area contributed by atoms with E-state index in [0.717, 1.165) is 0 Å². The molecule has 0 radical (unpaired) electrons. The summed E-state index contributed by atoms with van der Waals surface area (Å²) in [5.41, 5.74) is 1.05. The molecule has 8 nitrogen and oxygen atoms in total. The lowest BCUT2D eigenvalue weighted by Crippen LogP contribution is -2.32. The monoisotopic (exact) mass is 331 g/mol. The lowest BCUT2D eigenvalue weighted by atomic mass is 10.2. The molecule has 8 heteroatoms. The molecule has 1 aromatic carbocycles. The first-order chi connectivity index (χ1) is 11.4. The highest BCUT2D eigenvalue weighted by Crippen LogP contribution is 2.28. The van der Waals surface area contributed by atoms with Gasteiger partial charge >= 0.3 is 0 Å². The Labute approximate surface area is 140 Å². The molecule has 1 unspecified atom stereocenters. The predicted octanol–water partition coefficient (Wildman–Crippen LogP) is 1.83.